The maximum atomic E-state index is 14.3. The summed E-state index contributed by atoms with van der Waals surface area (Å²) in [4.78, 5) is 37.2. The third-order valence-corrected chi connectivity index (χ3v) is 4.89. The maximum absolute atomic E-state index is 14.3. The van der Waals surface area contributed by atoms with Crippen LogP contribution < -0.4 is 10.9 Å². The minimum atomic E-state index is -5.20. The van der Waals surface area contributed by atoms with E-state index < -0.39 is 82.0 Å². The number of carbonyl (C=O) groups is 2. The van der Waals surface area contributed by atoms with Crippen molar-refractivity contribution in [1.29, 1.82) is 0 Å². The molecule has 0 saturated carbocycles. The first-order chi connectivity index (χ1) is 16.1. The van der Waals surface area contributed by atoms with E-state index in [1.165, 1.54) is 0 Å². The van der Waals surface area contributed by atoms with Crippen molar-refractivity contribution in [2.24, 2.45) is 0 Å². The molecule has 1 amide bonds. The van der Waals surface area contributed by atoms with E-state index >= 15 is 0 Å². The van der Waals surface area contributed by atoms with Crippen LogP contribution in [-0.2, 0) is 23.6 Å². The summed E-state index contributed by atoms with van der Waals surface area (Å²) in [6.07, 6.45) is -11.1. The summed E-state index contributed by atoms with van der Waals surface area (Å²) in [6.45, 7) is -0.918. The van der Waals surface area contributed by atoms with Crippen molar-refractivity contribution < 1.29 is 50.5 Å². The van der Waals surface area contributed by atoms with Gasteiger partial charge in [-0.2, -0.15) is 26.3 Å². The number of benzene rings is 2. The number of aliphatic carboxylic acids is 1. The van der Waals surface area contributed by atoms with Gasteiger partial charge in [0.2, 0.25) is 0 Å². The van der Waals surface area contributed by atoms with Crippen molar-refractivity contribution in [3.8, 4) is 5.75 Å². The molecule has 35 heavy (non-hydrogen) atoms. The minimum Gasteiger partial charge on any atom is -0.506 e. The summed E-state index contributed by atoms with van der Waals surface area (Å²) in [5.74, 6) is -4.97. The van der Waals surface area contributed by atoms with Gasteiger partial charge in [-0.25, -0.2) is 4.39 Å². The van der Waals surface area contributed by atoms with Crippen LogP contribution in [0.1, 0.15) is 32.6 Å². The summed E-state index contributed by atoms with van der Waals surface area (Å²) >= 11 is 0. The number of amides is 1. The van der Waals surface area contributed by atoms with E-state index in [-0.39, 0.29) is 17.1 Å². The zero-order valence-electron chi connectivity index (χ0n) is 17.1. The lowest BCUT2D eigenvalue weighted by Gasteiger charge is -2.17. The summed E-state index contributed by atoms with van der Waals surface area (Å²) in [7, 11) is 0. The molecule has 3 rings (SSSR count). The number of aromatic nitrogens is 1. The van der Waals surface area contributed by atoms with E-state index in [1.807, 2.05) is 5.32 Å². The van der Waals surface area contributed by atoms with E-state index in [9.17, 15) is 50.2 Å². The average Bonchev–Trinajstić information content (AvgIpc) is 2.72. The number of hydrogen-bond donors (Lipinski definition) is 4. The number of rotatable bonds is 5. The molecule has 0 radical (unpaired) electrons. The molecule has 0 aliphatic rings. The fourth-order valence-corrected chi connectivity index (χ4v) is 3.39. The van der Waals surface area contributed by atoms with Gasteiger partial charge in [0.1, 0.15) is 23.7 Å². The first-order valence-electron chi connectivity index (χ1n) is 9.44. The Balaban J connectivity index is 2.17. The Bertz CT molecular complexity index is 1390. The van der Waals surface area contributed by atoms with Gasteiger partial charge in [0, 0.05) is 11.8 Å². The fraction of sp³-hybridized carbons (Fsp3) is 0.190. The molecular formula is C21H13F7N2O5. The number of nitrogens with one attached hydrogen (secondary N) is 2. The van der Waals surface area contributed by atoms with Gasteiger partial charge in [0.25, 0.3) is 11.5 Å². The molecule has 0 unspecified atom stereocenters. The van der Waals surface area contributed by atoms with Crippen molar-refractivity contribution in [3.05, 3.63) is 74.3 Å². The third-order valence-electron chi connectivity index (χ3n) is 4.89. The molecule has 1 heterocycles. The number of carboxylic acid groups (broad SMARTS) is 1. The van der Waals surface area contributed by atoms with Crippen LogP contribution in [0.5, 0.6) is 5.75 Å². The first kappa shape index (κ1) is 25.5. The number of aromatic hydroxyl groups is 1. The van der Waals surface area contributed by atoms with Crippen molar-refractivity contribution >= 4 is 22.8 Å². The standard InChI is InChI=1S/C21H13F7N2O5/c22-11-4-9(3-8-1-2-10(20(23,24)25)5-13(8)21(26,27)28)16-12(6-11)17(33)15(19(35)30-16)18(34)29-7-14(31)32/h1-2,4-6H,3,7H2,(H,29,34)(H,31,32)(H2,30,33,35). The first-order valence-corrected chi connectivity index (χ1v) is 9.44. The summed E-state index contributed by atoms with van der Waals surface area (Å²) in [6, 6.07) is 2.25. The second kappa shape index (κ2) is 8.92. The molecule has 4 N–H and O–H groups in total. The Hall–Kier alpha value is -4.10. The van der Waals surface area contributed by atoms with E-state index in [2.05, 4.69) is 4.98 Å². The number of fused-ring (bicyclic) bond motifs is 1. The van der Waals surface area contributed by atoms with Crippen molar-refractivity contribution in [3.63, 3.8) is 0 Å². The molecule has 0 aliphatic heterocycles. The van der Waals surface area contributed by atoms with E-state index in [0.29, 0.717) is 24.3 Å². The summed E-state index contributed by atoms with van der Waals surface area (Å²) < 4.78 is 93.5. The van der Waals surface area contributed by atoms with E-state index in [0.717, 1.165) is 0 Å². The fourth-order valence-electron chi connectivity index (χ4n) is 3.39. The third kappa shape index (κ3) is 5.36. The highest BCUT2D eigenvalue weighted by Crippen LogP contribution is 2.39. The molecule has 0 aliphatic carbocycles. The quantitative estimate of drug-likeness (QED) is 0.393. The molecule has 186 valence electrons. The van der Waals surface area contributed by atoms with Crippen molar-refractivity contribution in [1.82, 2.24) is 10.3 Å². The maximum Gasteiger partial charge on any atom is 0.416 e. The number of pyridine rings is 1. The lowest BCUT2D eigenvalue weighted by Crippen LogP contribution is -2.33. The lowest BCUT2D eigenvalue weighted by molar-refractivity contribution is -0.143. The van der Waals surface area contributed by atoms with Gasteiger partial charge in [-0.05, 0) is 35.4 Å². The van der Waals surface area contributed by atoms with Gasteiger partial charge in [0.05, 0.1) is 16.6 Å². The Morgan fingerprint density at radius 3 is 2.20 bits per heavy atom. The van der Waals surface area contributed by atoms with Crippen LogP contribution in [0.3, 0.4) is 0 Å². The monoisotopic (exact) mass is 506 g/mol. The predicted octanol–water partition coefficient (Wildman–Crippen LogP) is 3.82. The van der Waals surface area contributed by atoms with Gasteiger partial charge in [-0.1, -0.05) is 6.07 Å². The normalized spacial score (nSPS) is 12.1. The number of aromatic amines is 1. The SMILES string of the molecule is O=C(O)CNC(=O)c1c(O)c2cc(F)cc(Cc3ccc(C(F)(F)F)cc3C(F)(F)F)c2[nH]c1=O. The average molecular weight is 506 g/mol. The van der Waals surface area contributed by atoms with Crippen LogP contribution in [0, 0.1) is 5.82 Å². The van der Waals surface area contributed by atoms with Gasteiger partial charge in [-0.15, -0.1) is 0 Å². The predicted molar refractivity (Wildman–Crippen MR) is 105 cm³/mol. The van der Waals surface area contributed by atoms with Gasteiger partial charge in [-0.3, -0.25) is 14.4 Å². The molecule has 0 saturated heterocycles. The van der Waals surface area contributed by atoms with Gasteiger partial charge < -0.3 is 20.5 Å². The number of halogens is 7. The second-order valence-electron chi connectivity index (χ2n) is 7.29. The Kier molecular flexibility index (Phi) is 6.51. The number of H-pyrrole nitrogens is 1. The molecule has 7 nitrogen and oxygen atoms in total. The molecule has 0 fully saturated rings. The highest BCUT2D eigenvalue weighted by atomic mass is 19.4. The van der Waals surface area contributed by atoms with Crippen LogP contribution in [0.25, 0.3) is 10.9 Å². The Labute approximate surface area is 189 Å². The Morgan fingerprint density at radius 1 is 0.971 bits per heavy atom. The largest absolute Gasteiger partial charge is 0.506 e. The molecule has 1 aromatic heterocycles. The Morgan fingerprint density at radius 2 is 1.63 bits per heavy atom. The molecule has 0 atom stereocenters. The molecule has 2 aromatic carbocycles. The number of alkyl halides is 6. The van der Waals surface area contributed by atoms with Crippen LogP contribution in [0.2, 0.25) is 0 Å². The number of hydrogen-bond acceptors (Lipinski definition) is 4. The van der Waals surface area contributed by atoms with E-state index in [1.54, 1.807) is 0 Å². The molecular weight excluding hydrogens is 493 g/mol. The minimum absolute atomic E-state index is 0.0953. The van der Waals surface area contributed by atoms with Gasteiger partial charge >= 0.3 is 18.3 Å². The summed E-state index contributed by atoms with van der Waals surface area (Å²) in [5.41, 5.74) is -6.83. The topological polar surface area (TPSA) is 119 Å². The number of carboxylic acids is 1. The van der Waals surface area contributed by atoms with E-state index in [4.69, 9.17) is 5.11 Å². The smallest absolute Gasteiger partial charge is 0.416 e. The number of carbonyl (C=O) groups excluding carboxylic acids is 1. The zero-order valence-corrected chi connectivity index (χ0v) is 17.1. The molecule has 14 heteroatoms. The molecule has 0 spiro atoms. The zero-order chi connectivity index (χ0) is 26.3. The van der Waals surface area contributed by atoms with Crippen LogP contribution in [0.15, 0.2) is 35.1 Å². The van der Waals surface area contributed by atoms with Crippen LogP contribution in [0.4, 0.5) is 30.7 Å². The second-order valence-corrected chi connectivity index (χ2v) is 7.29. The molecule has 0 bridgehead atoms. The lowest BCUT2D eigenvalue weighted by atomic mass is 9.95. The van der Waals surface area contributed by atoms with Gasteiger partial charge in [0.15, 0.2) is 0 Å². The van der Waals surface area contributed by atoms with Crippen LogP contribution in [-0.4, -0.2) is 33.6 Å². The van der Waals surface area contributed by atoms with Crippen LogP contribution >= 0.6 is 0 Å². The molecule has 3 aromatic rings. The van der Waals surface area contributed by atoms with Crippen molar-refractivity contribution in [2.45, 2.75) is 18.8 Å². The van der Waals surface area contributed by atoms with Crippen molar-refractivity contribution in [2.75, 3.05) is 6.54 Å². The highest BCUT2D eigenvalue weighted by Gasteiger charge is 2.38. The summed E-state index contributed by atoms with van der Waals surface area (Å²) in [5, 5.41) is 20.3. The highest BCUT2D eigenvalue weighted by molar-refractivity contribution is 6.03.